The van der Waals surface area contributed by atoms with E-state index in [-0.39, 0.29) is 5.56 Å². The molecule has 0 bridgehead atoms. The Kier molecular flexibility index (Phi) is 2.99. The van der Waals surface area contributed by atoms with Crippen molar-refractivity contribution in [1.29, 1.82) is 0 Å². The summed E-state index contributed by atoms with van der Waals surface area (Å²) in [5, 5.41) is 4.28. The molecule has 1 N–H and O–H groups in total. The van der Waals surface area contributed by atoms with Gasteiger partial charge in [0.25, 0.3) is 5.56 Å². The first-order valence-corrected chi connectivity index (χ1v) is 6.95. The van der Waals surface area contributed by atoms with E-state index in [0.717, 1.165) is 29.6 Å². The molecule has 1 saturated heterocycles. The Morgan fingerprint density at radius 3 is 3.06 bits per heavy atom. The number of hydrogen-bond donors (Lipinski definition) is 1. The summed E-state index contributed by atoms with van der Waals surface area (Å²) in [5.74, 6) is 0. The maximum absolute atomic E-state index is 12.3. The molecule has 1 aliphatic heterocycles. The largest absolute Gasteiger partial charge is 0.315 e. The van der Waals surface area contributed by atoms with Crippen molar-refractivity contribution < 1.29 is 0 Å². The molecular weight excluding hydrogens is 232 g/mol. The van der Waals surface area contributed by atoms with Gasteiger partial charge in [-0.2, -0.15) is 0 Å². The zero-order valence-electron chi connectivity index (χ0n) is 9.69. The number of aromatic nitrogens is 1. The zero-order chi connectivity index (χ0) is 11.7. The third-order valence-electron chi connectivity index (χ3n) is 3.37. The standard InChI is InChI=1S/C13H16N2OS/c16-13-11-6-1-2-7-12(11)17-15(13)10-5-3-4-8-14-9-10/h1-2,6-7,10,14H,3-5,8-9H2. The minimum atomic E-state index is 0.180. The Hall–Kier alpha value is -1.13. The monoisotopic (exact) mass is 248 g/mol. The topological polar surface area (TPSA) is 34.0 Å². The van der Waals surface area contributed by atoms with E-state index in [4.69, 9.17) is 0 Å². The lowest BCUT2D eigenvalue weighted by molar-refractivity contribution is 0.482. The minimum absolute atomic E-state index is 0.180. The Morgan fingerprint density at radius 1 is 1.29 bits per heavy atom. The molecule has 1 unspecified atom stereocenters. The fourth-order valence-corrected chi connectivity index (χ4v) is 3.55. The molecule has 0 saturated carbocycles. The normalized spacial score (nSPS) is 21.5. The molecule has 3 nitrogen and oxygen atoms in total. The van der Waals surface area contributed by atoms with Crippen LogP contribution < -0.4 is 10.9 Å². The van der Waals surface area contributed by atoms with Crippen molar-refractivity contribution in [1.82, 2.24) is 9.27 Å². The molecule has 1 fully saturated rings. The summed E-state index contributed by atoms with van der Waals surface area (Å²) in [6, 6.07) is 8.22. The van der Waals surface area contributed by atoms with E-state index in [1.807, 2.05) is 28.2 Å². The van der Waals surface area contributed by atoms with Crippen LogP contribution in [0, 0.1) is 0 Å². The predicted octanol–water partition coefficient (Wildman–Crippen LogP) is 2.38. The van der Waals surface area contributed by atoms with Gasteiger partial charge in [-0.15, -0.1) is 0 Å². The van der Waals surface area contributed by atoms with Crippen LogP contribution in [0.5, 0.6) is 0 Å². The average Bonchev–Trinajstić information content (AvgIpc) is 2.57. The van der Waals surface area contributed by atoms with Crippen molar-refractivity contribution >= 4 is 21.6 Å². The Labute approximate surface area is 104 Å². The van der Waals surface area contributed by atoms with Crippen molar-refractivity contribution in [3.63, 3.8) is 0 Å². The molecule has 4 heteroatoms. The fourth-order valence-electron chi connectivity index (χ4n) is 2.43. The van der Waals surface area contributed by atoms with Crippen molar-refractivity contribution in [2.45, 2.75) is 25.3 Å². The number of rotatable bonds is 1. The molecule has 90 valence electrons. The SMILES string of the molecule is O=c1c2ccccc2sn1C1CCCCNC1. The molecule has 1 aromatic heterocycles. The van der Waals surface area contributed by atoms with Gasteiger partial charge < -0.3 is 5.32 Å². The molecular formula is C13H16N2OS. The summed E-state index contributed by atoms with van der Waals surface area (Å²) in [5.41, 5.74) is 0.180. The molecule has 0 radical (unpaired) electrons. The van der Waals surface area contributed by atoms with E-state index in [9.17, 15) is 4.79 Å². The number of nitrogens with zero attached hydrogens (tertiary/aromatic N) is 1. The van der Waals surface area contributed by atoms with E-state index < -0.39 is 0 Å². The molecule has 1 aliphatic rings. The third-order valence-corrected chi connectivity index (χ3v) is 4.58. The van der Waals surface area contributed by atoms with Gasteiger partial charge in [0.15, 0.2) is 0 Å². The van der Waals surface area contributed by atoms with Crippen LogP contribution >= 0.6 is 11.5 Å². The molecule has 17 heavy (non-hydrogen) atoms. The van der Waals surface area contributed by atoms with Gasteiger partial charge in [-0.25, -0.2) is 0 Å². The van der Waals surface area contributed by atoms with E-state index in [1.54, 1.807) is 11.5 Å². The summed E-state index contributed by atoms with van der Waals surface area (Å²) >= 11 is 1.60. The van der Waals surface area contributed by atoms with Crippen molar-refractivity contribution in [3.05, 3.63) is 34.6 Å². The number of benzene rings is 1. The second-order valence-corrected chi connectivity index (χ2v) is 5.59. The van der Waals surface area contributed by atoms with E-state index in [1.165, 1.54) is 12.8 Å². The van der Waals surface area contributed by atoms with Gasteiger partial charge in [0, 0.05) is 6.54 Å². The van der Waals surface area contributed by atoms with E-state index >= 15 is 0 Å². The van der Waals surface area contributed by atoms with Gasteiger partial charge in [0.05, 0.1) is 16.1 Å². The van der Waals surface area contributed by atoms with Gasteiger partial charge in [-0.1, -0.05) is 30.1 Å². The van der Waals surface area contributed by atoms with Crippen LogP contribution in [-0.4, -0.2) is 17.0 Å². The van der Waals surface area contributed by atoms with Crippen molar-refractivity contribution in [3.8, 4) is 0 Å². The van der Waals surface area contributed by atoms with Crippen LogP contribution in [0.25, 0.3) is 10.1 Å². The highest BCUT2D eigenvalue weighted by atomic mass is 32.1. The van der Waals surface area contributed by atoms with Crippen LogP contribution in [0.4, 0.5) is 0 Å². The van der Waals surface area contributed by atoms with Crippen LogP contribution in [-0.2, 0) is 0 Å². The molecule has 2 aromatic rings. The first-order chi connectivity index (χ1) is 8.36. The zero-order valence-corrected chi connectivity index (χ0v) is 10.5. The second kappa shape index (κ2) is 4.63. The summed E-state index contributed by atoms with van der Waals surface area (Å²) < 4.78 is 3.06. The highest BCUT2D eigenvalue weighted by Crippen LogP contribution is 2.23. The first kappa shape index (κ1) is 11.0. The lowest BCUT2D eigenvalue weighted by Crippen LogP contribution is -2.27. The van der Waals surface area contributed by atoms with Crippen molar-refractivity contribution in [2.75, 3.05) is 13.1 Å². The molecule has 0 aliphatic carbocycles. The maximum atomic E-state index is 12.3. The van der Waals surface area contributed by atoms with Crippen LogP contribution in [0.3, 0.4) is 0 Å². The second-order valence-electron chi connectivity index (χ2n) is 4.57. The number of nitrogens with one attached hydrogen (secondary N) is 1. The quantitative estimate of drug-likeness (QED) is 0.840. The third kappa shape index (κ3) is 2.03. The average molecular weight is 248 g/mol. The number of hydrogen-bond acceptors (Lipinski definition) is 3. The van der Waals surface area contributed by atoms with Gasteiger partial charge >= 0.3 is 0 Å². The van der Waals surface area contributed by atoms with Gasteiger partial charge in [-0.05, 0) is 31.5 Å². The highest BCUT2D eigenvalue weighted by molar-refractivity contribution is 7.13. The Balaban J connectivity index is 2.04. The van der Waals surface area contributed by atoms with Crippen LogP contribution in [0.2, 0.25) is 0 Å². The van der Waals surface area contributed by atoms with Crippen LogP contribution in [0.1, 0.15) is 25.3 Å². The molecule has 1 atom stereocenters. The van der Waals surface area contributed by atoms with Gasteiger partial charge in [0.1, 0.15) is 0 Å². The van der Waals surface area contributed by atoms with Crippen LogP contribution in [0.15, 0.2) is 29.1 Å². The highest BCUT2D eigenvalue weighted by Gasteiger charge is 2.17. The van der Waals surface area contributed by atoms with E-state index in [0.29, 0.717) is 6.04 Å². The summed E-state index contributed by atoms with van der Waals surface area (Å²) in [7, 11) is 0. The lowest BCUT2D eigenvalue weighted by atomic mass is 10.1. The molecule has 0 amide bonds. The molecule has 2 heterocycles. The predicted molar refractivity (Wildman–Crippen MR) is 71.8 cm³/mol. The minimum Gasteiger partial charge on any atom is -0.315 e. The smallest absolute Gasteiger partial charge is 0.268 e. The summed E-state index contributed by atoms with van der Waals surface area (Å²) in [6.07, 6.45) is 3.54. The Bertz CT molecular complexity index is 564. The lowest BCUT2D eigenvalue weighted by Gasteiger charge is -2.13. The Morgan fingerprint density at radius 2 is 2.18 bits per heavy atom. The maximum Gasteiger partial charge on any atom is 0.268 e. The molecule has 0 spiro atoms. The van der Waals surface area contributed by atoms with E-state index in [2.05, 4.69) is 5.32 Å². The molecule has 1 aromatic carbocycles. The van der Waals surface area contributed by atoms with Crippen molar-refractivity contribution in [2.24, 2.45) is 0 Å². The summed E-state index contributed by atoms with van der Waals surface area (Å²) in [4.78, 5) is 12.3. The fraction of sp³-hybridized carbons (Fsp3) is 0.462. The van der Waals surface area contributed by atoms with Gasteiger partial charge in [0.2, 0.25) is 0 Å². The van der Waals surface area contributed by atoms with Gasteiger partial charge in [-0.3, -0.25) is 8.75 Å². The summed E-state index contributed by atoms with van der Waals surface area (Å²) in [6.45, 7) is 2.00. The number of fused-ring (bicyclic) bond motifs is 1. The first-order valence-electron chi connectivity index (χ1n) is 6.17. The molecule has 3 rings (SSSR count).